The van der Waals surface area contributed by atoms with E-state index in [1.54, 1.807) is 0 Å². The summed E-state index contributed by atoms with van der Waals surface area (Å²) in [6.45, 7) is 9.73. The van der Waals surface area contributed by atoms with Crippen LogP contribution in [0.25, 0.3) is 0 Å². The Kier molecular flexibility index (Phi) is 76.9. The summed E-state index contributed by atoms with van der Waals surface area (Å²) in [6.07, 6.45) is 70.8. The molecule has 106 heavy (non-hydrogen) atoms. The summed E-state index contributed by atoms with van der Waals surface area (Å²) in [5, 5.41) is 10.7. The van der Waals surface area contributed by atoms with Crippen molar-refractivity contribution in [3.8, 4) is 0 Å². The van der Waals surface area contributed by atoms with Crippen LogP contribution in [0.3, 0.4) is 0 Å². The maximum Gasteiger partial charge on any atom is 0.472 e. The summed E-state index contributed by atoms with van der Waals surface area (Å²) in [5.74, 6) is -0.462. The predicted molar refractivity (Wildman–Crippen MR) is 437 cm³/mol. The monoisotopic (exact) mass is 1550 g/mol. The molecule has 0 aliphatic carbocycles. The summed E-state index contributed by atoms with van der Waals surface area (Å²) in [4.78, 5) is 73.2. The quantitative estimate of drug-likeness (QED) is 0.0222. The van der Waals surface area contributed by atoms with Gasteiger partial charge in [-0.15, -0.1) is 0 Å². The van der Waals surface area contributed by atoms with Crippen molar-refractivity contribution in [1.82, 2.24) is 0 Å². The second-order valence-corrected chi connectivity index (χ2v) is 34.7. The number of unbranched alkanes of at least 4 members (excludes halogenated alkanes) is 54. The Hall–Kier alpha value is -1.94. The standard InChI is InChI=1S/C87H170O17P2/c1-7-11-13-15-17-19-21-23-24-25-26-27-31-34-37-41-45-52-58-64-70-85(90)97-75-82(103-86(91)71-65-59-53-46-42-38-35-32-29-28-30-33-36-39-43-49-55-61-67-79(5)9-3)77-101-105(93,94)99-73-81(88)74-100-106(95,96)102-78-83(104-87(92)72-66-60-54-48-47-50-56-62-68-80(6)10-4)76-98-84(89)69-63-57-51-44-40-22-20-18-16-14-12-8-2/h79-83,88H,7-78H2,1-6H3,(H,93,94)(H,95,96)/t79?,80?,81-,82-,83-/m1/s1. The van der Waals surface area contributed by atoms with E-state index in [9.17, 15) is 43.2 Å². The molecule has 0 aliphatic heterocycles. The van der Waals surface area contributed by atoms with Gasteiger partial charge in [0.25, 0.3) is 0 Å². The van der Waals surface area contributed by atoms with Crippen LogP contribution in [0.2, 0.25) is 0 Å². The zero-order valence-electron chi connectivity index (χ0n) is 69.7. The number of phosphoric ester groups is 2. The van der Waals surface area contributed by atoms with Crippen molar-refractivity contribution in [1.29, 1.82) is 0 Å². The number of hydrogen-bond donors (Lipinski definition) is 3. The van der Waals surface area contributed by atoms with Crippen LogP contribution in [0.5, 0.6) is 0 Å². The molecule has 17 nitrogen and oxygen atoms in total. The van der Waals surface area contributed by atoms with Gasteiger partial charge in [0.1, 0.15) is 19.3 Å². The molecule has 0 radical (unpaired) electrons. The van der Waals surface area contributed by atoms with Crippen LogP contribution in [0, 0.1) is 11.8 Å². The number of aliphatic hydroxyl groups excluding tert-OH is 1. The average Bonchev–Trinajstić information content (AvgIpc) is 0.909. The minimum atomic E-state index is -4.97. The number of carbonyl (C=O) groups is 4. The van der Waals surface area contributed by atoms with Crippen molar-refractivity contribution in [3.63, 3.8) is 0 Å². The molecule has 0 rings (SSSR count). The SMILES string of the molecule is CCCCCCCCCCCCCCCCCCCCCCC(=O)OC[C@H](COP(=O)(O)OC[C@@H](O)COP(=O)(O)OC[C@@H](COC(=O)CCCCCCCCCCCCCC)OC(=O)CCCCCCCCCCC(C)CC)OC(=O)CCCCCCCCCCCCCCCCCCCCC(C)CC. The molecule has 19 heteroatoms. The normalized spacial score (nSPS) is 14.3. The number of rotatable bonds is 86. The fourth-order valence-corrected chi connectivity index (χ4v) is 15.1. The van der Waals surface area contributed by atoms with E-state index in [4.69, 9.17) is 37.0 Å². The number of esters is 4. The van der Waals surface area contributed by atoms with E-state index in [-0.39, 0.29) is 25.7 Å². The minimum Gasteiger partial charge on any atom is -0.462 e. The number of carbonyl (C=O) groups excluding carboxylic acids is 4. The molecule has 0 fully saturated rings. The van der Waals surface area contributed by atoms with Crippen LogP contribution in [0.1, 0.15) is 465 Å². The fraction of sp³-hybridized carbons (Fsp3) is 0.954. The minimum absolute atomic E-state index is 0.106. The smallest absolute Gasteiger partial charge is 0.462 e. The molecule has 7 atom stereocenters. The summed E-state index contributed by atoms with van der Waals surface area (Å²) in [6, 6.07) is 0. The van der Waals surface area contributed by atoms with Crippen molar-refractivity contribution < 1.29 is 80.2 Å². The highest BCUT2D eigenvalue weighted by atomic mass is 31.2. The molecular formula is C87H170O17P2. The highest BCUT2D eigenvalue weighted by molar-refractivity contribution is 7.47. The summed E-state index contributed by atoms with van der Waals surface area (Å²) in [5.41, 5.74) is 0. The van der Waals surface area contributed by atoms with Crippen LogP contribution >= 0.6 is 15.6 Å². The molecule has 0 aliphatic rings. The third-order valence-corrected chi connectivity index (χ3v) is 23.1. The first kappa shape index (κ1) is 104. The molecule has 0 bridgehead atoms. The maximum atomic E-state index is 13.2. The number of phosphoric acid groups is 2. The summed E-state index contributed by atoms with van der Waals surface area (Å²) in [7, 11) is -9.93. The highest BCUT2D eigenvalue weighted by Gasteiger charge is 2.30. The van der Waals surface area contributed by atoms with Gasteiger partial charge in [-0.05, 0) is 37.5 Å². The molecule has 0 aromatic rings. The Morgan fingerprint density at radius 1 is 0.264 bits per heavy atom. The molecule has 630 valence electrons. The third kappa shape index (κ3) is 77.4. The molecule has 0 spiro atoms. The topological polar surface area (TPSA) is 237 Å². The average molecular weight is 1550 g/mol. The Morgan fingerprint density at radius 3 is 0.670 bits per heavy atom. The van der Waals surface area contributed by atoms with Gasteiger partial charge in [-0.2, -0.15) is 0 Å². The van der Waals surface area contributed by atoms with Crippen LogP contribution in [0.4, 0.5) is 0 Å². The fourth-order valence-electron chi connectivity index (χ4n) is 13.5. The molecule has 0 saturated carbocycles. The Bertz CT molecular complexity index is 2030. The molecule has 0 aromatic carbocycles. The predicted octanol–water partition coefficient (Wildman–Crippen LogP) is 26.6. The Balaban J connectivity index is 5.22. The first-order chi connectivity index (χ1) is 51.4. The van der Waals surface area contributed by atoms with E-state index in [1.807, 2.05) is 0 Å². The van der Waals surface area contributed by atoms with Crippen molar-refractivity contribution in [2.75, 3.05) is 39.6 Å². The van der Waals surface area contributed by atoms with E-state index >= 15 is 0 Å². The Morgan fingerprint density at radius 2 is 0.453 bits per heavy atom. The van der Waals surface area contributed by atoms with Crippen LogP contribution in [-0.4, -0.2) is 96.7 Å². The van der Waals surface area contributed by atoms with Gasteiger partial charge < -0.3 is 33.8 Å². The third-order valence-electron chi connectivity index (χ3n) is 21.2. The lowest BCUT2D eigenvalue weighted by atomic mass is 9.99. The van der Waals surface area contributed by atoms with Crippen molar-refractivity contribution >= 4 is 39.5 Å². The lowest BCUT2D eigenvalue weighted by Crippen LogP contribution is -2.30. The van der Waals surface area contributed by atoms with Gasteiger partial charge in [0.2, 0.25) is 0 Å². The number of aliphatic hydroxyl groups is 1. The first-order valence-electron chi connectivity index (χ1n) is 45.1. The second kappa shape index (κ2) is 78.3. The van der Waals surface area contributed by atoms with Crippen LogP contribution in [0.15, 0.2) is 0 Å². The lowest BCUT2D eigenvalue weighted by molar-refractivity contribution is -0.161. The van der Waals surface area contributed by atoms with Gasteiger partial charge in [-0.25, -0.2) is 9.13 Å². The van der Waals surface area contributed by atoms with Gasteiger partial charge in [0.05, 0.1) is 26.4 Å². The largest absolute Gasteiger partial charge is 0.472 e. The lowest BCUT2D eigenvalue weighted by Gasteiger charge is -2.21. The molecule has 0 amide bonds. The molecule has 0 aromatic heterocycles. The van der Waals surface area contributed by atoms with E-state index in [0.717, 1.165) is 102 Å². The van der Waals surface area contributed by atoms with E-state index in [1.165, 1.54) is 283 Å². The van der Waals surface area contributed by atoms with Gasteiger partial charge in [0.15, 0.2) is 12.2 Å². The van der Waals surface area contributed by atoms with E-state index in [2.05, 4.69) is 41.5 Å². The molecule has 3 N–H and O–H groups in total. The zero-order chi connectivity index (χ0) is 77.8. The van der Waals surface area contributed by atoms with Crippen molar-refractivity contribution in [2.24, 2.45) is 11.8 Å². The van der Waals surface area contributed by atoms with Crippen LogP contribution < -0.4 is 0 Å². The number of hydrogen-bond acceptors (Lipinski definition) is 15. The van der Waals surface area contributed by atoms with E-state index in [0.29, 0.717) is 25.7 Å². The number of ether oxygens (including phenoxy) is 4. The highest BCUT2D eigenvalue weighted by Crippen LogP contribution is 2.45. The summed E-state index contributed by atoms with van der Waals surface area (Å²) < 4.78 is 68.9. The van der Waals surface area contributed by atoms with Gasteiger partial charge in [0, 0.05) is 25.7 Å². The maximum absolute atomic E-state index is 13.2. The zero-order valence-corrected chi connectivity index (χ0v) is 71.5. The molecule has 0 heterocycles. The Labute approximate surface area is 651 Å². The molecule has 4 unspecified atom stereocenters. The second-order valence-electron chi connectivity index (χ2n) is 31.8. The molecule has 0 saturated heterocycles. The molecular weight excluding hydrogens is 1380 g/mol. The van der Waals surface area contributed by atoms with Gasteiger partial charge in [-0.1, -0.05) is 414 Å². The van der Waals surface area contributed by atoms with Crippen molar-refractivity contribution in [2.45, 2.75) is 484 Å². The van der Waals surface area contributed by atoms with Crippen molar-refractivity contribution in [3.05, 3.63) is 0 Å². The van der Waals surface area contributed by atoms with Gasteiger partial charge in [-0.3, -0.25) is 37.3 Å². The van der Waals surface area contributed by atoms with Gasteiger partial charge >= 0.3 is 39.5 Å². The van der Waals surface area contributed by atoms with Crippen LogP contribution in [-0.2, 0) is 65.4 Å². The summed E-state index contributed by atoms with van der Waals surface area (Å²) >= 11 is 0. The van der Waals surface area contributed by atoms with E-state index < -0.39 is 97.5 Å². The first-order valence-corrected chi connectivity index (χ1v) is 48.1.